The van der Waals surface area contributed by atoms with Gasteiger partial charge in [-0.25, -0.2) is 4.39 Å². The van der Waals surface area contributed by atoms with Gasteiger partial charge in [-0.05, 0) is 79.9 Å². The Balaban J connectivity index is 1.38. The van der Waals surface area contributed by atoms with E-state index in [1.54, 1.807) is 18.2 Å². The molecule has 160 valence electrons. The third-order valence-corrected chi connectivity index (χ3v) is 9.02. The summed E-state index contributed by atoms with van der Waals surface area (Å²) in [7, 11) is 0. The predicted molar refractivity (Wildman–Crippen MR) is 111 cm³/mol. The second kappa shape index (κ2) is 6.93. The van der Waals surface area contributed by atoms with E-state index in [0.29, 0.717) is 17.8 Å². The number of nitrogens with one attached hydrogen (secondary N) is 1. The van der Waals surface area contributed by atoms with E-state index >= 15 is 0 Å². The highest BCUT2D eigenvalue weighted by Gasteiger charge is 2.61. The molecule has 30 heavy (non-hydrogen) atoms. The molecule has 0 spiro atoms. The van der Waals surface area contributed by atoms with Crippen molar-refractivity contribution in [2.24, 2.45) is 34.5 Å². The maximum Gasteiger partial charge on any atom is 0.314 e. The van der Waals surface area contributed by atoms with Crippen LogP contribution < -0.4 is 10.1 Å². The summed E-state index contributed by atoms with van der Waals surface area (Å²) < 4.78 is 19.5. The highest BCUT2D eigenvalue weighted by Crippen LogP contribution is 2.65. The minimum Gasteiger partial charge on any atom is -0.423 e. The Morgan fingerprint density at radius 1 is 1.10 bits per heavy atom. The smallest absolute Gasteiger partial charge is 0.314 e. The maximum atomic E-state index is 14.0. The fourth-order valence-electron chi connectivity index (χ4n) is 7.43. The molecular formula is C25H30FNO3. The first-order valence-electron chi connectivity index (χ1n) is 11.3. The summed E-state index contributed by atoms with van der Waals surface area (Å²) in [5.74, 6) is 0.629. The van der Waals surface area contributed by atoms with Crippen molar-refractivity contribution in [3.05, 3.63) is 42.2 Å². The Morgan fingerprint density at radius 2 is 1.90 bits per heavy atom. The Hall–Kier alpha value is -2.17. The number of hydrogen-bond acceptors (Lipinski definition) is 3. The average Bonchev–Trinajstić information content (AvgIpc) is 3.07. The van der Waals surface area contributed by atoms with Gasteiger partial charge in [-0.2, -0.15) is 0 Å². The number of esters is 1. The average molecular weight is 412 g/mol. The van der Waals surface area contributed by atoms with Crippen molar-refractivity contribution in [3.8, 4) is 5.75 Å². The molecule has 5 rings (SSSR count). The Kier molecular flexibility index (Phi) is 4.57. The number of hydrogen-bond donors (Lipinski definition) is 1. The van der Waals surface area contributed by atoms with Gasteiger partial charge in [0.15, 0.2) is 11.6 Å². The van der Waals surface area contributed by atoms with Gasteiger partial charge in [0.1, 0.15) is 0 Å². The molecule has 1 N–H and O–H groups in total. The van der Waals surface area contributed by atoms with Crippen LogP contribution in [0, 0.1) is 40.3 Å². The van der Waals surface area contributed by atoms with Gasteiger partial charge in [0.25, 0.3) is 0 Å². The van der Waals surface area contributed by atoms with Gasteiger partial charge in [-0.3, -0.25) is 9.59 Å². The van der Waals surface area contributed by atoms with Crippen LogP contribution in [0.2, 0.25) is 0 Å². The molecule has 3 saturated carbocycles. The van der Waals surface area contributed by atoms with Crippen molar-refractivity contribution < 1.29 is 18.7 Å². The minimum atomic E-state index is -0.494. The van der Waals surface area contributed by atoms with E-state index < -0.39 is 5.82 Å². The Bertz CT molecular complexity index is 913. The van der Waals surface area contributed by atoms with Crippen LogP contribution >= 0.6 is 0 Å². The van der Waals surface area contributed by atoms with E-state index in [1.807, 2.05) is 0 Å². The molecule has 1 aliphatic heterocycles. The molecule has 1 aromatic carbocycles. The number of carbonyl (C=O) groups excluding carboxylic acids is 2. The number of para-hydroxylation sites is 1. The van der Waals surface area contributed by atoms with Crippen LogP contribution in [0.5, 0.6) is 5.75 Å². The molecule has 0 unspecified atom stereocenters. The van der Waals surface area contributed by atoms with Crippen LogP contribution in [0.3, 0.4) is 0 Å². The third-order valence-electron chi connectivity index (χ3n) is 9.02. The molecule has 4 nitrogen and oxygen atoms in total. The van der Waals surface area contributed by atoms with Gasteiger partial charge in [0.2, 0.25) is 5.91 Å². The Morgan fingerprint density at radius 3 is 2.70 bits per heavy atom. The van der Waals surface area contributed by atoms with Gasteiger partial charge < -0.3 is 10.1 Å². The standard InChI is InChI=1S/C25H30FNO3/c1-24-13-11-17-15(7-10-21-25(17,2)14-12-22(28)27-21)16(24)8-9-18(24)23(29)30-20-6-4-3-5-19(20)26/h3-6,12,14-18,21H,7-11,13H2,1-2H3,(H,27,28)/t15-,16-,17-,18+,21+,24-,25+/m0/s1. The highest BCUT2D eigenvalue weighted by atomic mass is 19.1. The van der Waals surface area contributed by atoms with Gasteiger partial charge in [-0.15, -0.1) is 0 Å². The molecule has 7 atom stereocenters. The number of amides is 1. The van der Waals surface area contributed by atoms with Crippen LogP contribution in [0.15, 0.2) is 36.4 Å². The topological polar surface area (TPSA) is 55.4 Å². The summed E-state index contributed by atoms with van der Waals surface area (Å²) in [6.45, 7) is 4.55. The summed E-state index contributed by atoms with van der Waals surface area (Å²) in [6, 6.07) is 6.34. The first kappa shape index (κ1) is 19.8. The molecule has 1 heterocycles. The molecule has 0 aromatic heterocycles. The number of ether oxygens (including phenoxy) is 1. The van der Waals surface area contributed by atoms with E-state index in [0.717, 1.165) is 38.5 Å². The zero-order valence-electron chi connectivity index (χ0n) is 17.7. The predicted octanol–water partition coefficient (Wildman–Crippen LogP) is 4.64. The molecule has 0 radical (unpaired) electrons. The lowest BCUT2D eigenvalue weighted by Crippen LogP contribution is -2.59. The second-order valence-electron chi connectivity index (χ2n) is 10.2. The molecule has 3 aliphatic carbocycles. The van der Waals surface area contributed by atoms with E-state index in [2.05, 4.69) is 25.2 Å². The molecule has 3 fully saturated rings. The normalized spacial score (nSPS) is 42.0. The number of rotatable bonds is 2. The molecule has 0 bridgehead atoms. The molecule has 1 amide bonds. The van der Waals surface area contributed by atoms with Crippen molar-refractivity contribution >= 4 is 11.9 Å². The third kappa shape index (κ3) is 2.84. The van der Waals surface area contributed by atoms with Crippen molar-refractivity contribution in [3.63, 3.8) is 0 Å². The van der Waals surface area contributed by atoms with Gasteiger partial charge in [-0.1, -0.05) is 32.1 Å². The van der Waals surface area contributed by atoms with Gasteiger partial charge in [0.05, 0.1) is 5.92 Å². The summed E-state index contributed by atoms with van der Waals surface area (Å²) in [6.07, 6.45) is 9.79. The second-order valence-corrected chi connectivity index (χ2v) is 10.2. The number of halogens is 1. The number of fused-ring (bicyclic) bond motifs is 5. The fourth-order valence-corrected chi connectivity index (χ4v) is 7.43. The summed E-state index contributed by atoms with van der Waals surface area (Å²) in [4.78, 5) is 24.9. The molecule has 4 aliphatic rings. The Labute approximate surface area is 177 Å². The van der Waals surface area contributed by atoms with Crippen LogP contribution in [-0.2, 0) is 9.59 Å². The summed E-state index contributed by atoms with van der Waals surface area (Å²) in [5, 5.41) is 3.19. The minimum absolute atomic E-state index is 0.0100. The fraction of sp³-hybridized carbons (Fsp3) is 0.600. The summed E-state index contributed by atoms with van der Waals surface area (Å²) >= 11 is 0. The van der Waals surface area contributed by atoms with E-state index in [9.17, 15) is 14.0 Å². The molecule has 0 saturated heterocycles. The lowest BCUT2D eigenvalue weighted by atomic mass is 9.48. The van der Waals surface area contributed by atoms with Crippen molar-refractivity contribution in [1.82, 2.24) is 5.32 Å². The zero-order valence-corrected chi connectivity index (χ0v) is 17.7. The highest BCUT2D eigenvalue weighted by molar-refractivity contribution is 5.89. The van der Waals surface area contributed by atoms with Crippen molar-refractivity contribution in [2.75, 3.05) is 0 Å². The van der Waals surface area contributed by atoms with E-state index in [4.69, 9.17) is 4.74 Å². The van der Waals surface area contributed by atoms with Crippen molar-refractivity contribution in [1.29, 1.82) is 0 Å². The maximum absolute atomic E-state index is 14.0. The van der Waals surface area contributed by atoms with Crippen LogP contribution in [0.4, 0.5) is 4.39 Å². The van der Waals surface area contributed by atoms with Crippen LogP contribution in [0.25, 0.3) is 0 Å². The lowest BCUT2D eigenvalue weighted by molar-refractivity contribution is -0.147. The summed E-state index contributed by atoms with van der Waals surface area (Å²) in [5.41, 5.74) is -0.113. The van der Waals surface area contributed by atoms with Crippen LogP contribution in [-0.4, -0.2) is 17.9 Å². The number of benzene rings is 1. The van der Waals surface area contributed by atoms with Gasteiger partial charge >= 0.3 is 5.97 Å². The van der Waals surface area contributed by atoms with E-state index in [-0.39, 0.29) is 40.4 Å². The monoisotopic (exact) mass is 411 g/mol. The van der Waals surface area contributed by atoms with E-state index in [1.165, 1.54) is 12.1 Å². The first-order chi connectivity index (χ1) is 14.3. The zero-order chi connectivity index (χ0) is 21.1. The lowest BCUT2D eigenvalue weighted by Gasteiger charge is -2.58. The number of carbonyl (C=O) groups is 2. The van der Waals surface area contributed by atoms with Crippen molar-refractivity contribution in [2.45, 2.75) is 58.4 Å². The van der Waals surface area contributed by atoms with Gasteiger partial charge in [0, 0.05) is 11.5 Å². The SMILES string of the molecule is C[C@]12C=CC(=O)N[C@@H]1CC[C@@H]1[C@@H]2CC[C@]2(C)[C@@H](C(=O)Oc3ccccc3F)CC[C@@H]12. The molecule has 1 aromatic rings. The largest absolute Gasteiger partial charge is 0.423 e. The quantitative estimate of drug-likeness (QED) is 0.570. The first-order valence-corrected chi connectivity index (χ1v) is 11.3. The molecular weight excluding hydrogens is 381 g/mol. The van der Waals surface area contributed by atoms with Crippen LogP contribution in [0.1, 0.15) is 52.4 Å². The molecule has 5 heteroatoms.